The first-order valence-electron chi connectivity index (χ1n) is 12.0. The summed E-state index contributed by atoms with van der Waals surface area (Å²) in [4.78, 5) is 27.2. The molecule has 0 atom stereocenters. The number of hydrogen-bond donors (Lipinski definition) is 3. The van der Waals surface area contributed by atoms with Crippen molar-refractivity contribution in [2.75, 3.05) is 46.5 Å². The highest BCUT2D eigenvalue weighted by atomic mass is 16.5. The summed E-state index contributed by atoms with van der Waals surface area (Å²) in [6, 6.07) is 14.4. The number of nitrogens with one attached hydrogen (secondary N) is 2. The van der Waals surface area contributed by atoms with Crippen LogP contribution < -0.4 is 10.1 Å². The highest BCUT2D eigenvalue weighted by Gasteiger charge is 2.15. The van der Waals surface area contributed by atoms with Gasteiger partial charge in [-0.3, -0.25) is 9.69 Å². The summed E-state index contributed by atoms with van der Waals surface area (Å²) in [5, 5.41) is 13.6. The Morgan fingerprint density at radius 1 is 1.17 bits per heavy atom. The van der Waals surface area contributed by atoms with Gasteiger partial charge in [0.25, 0.3) is 5.91 Å². The van der Waals surface area contributed by atoms with E-state index < -0.39 is 0 Å². The molecule has 0 bridgehead atoms. The molecule has 5 rings (SSSR count). The zero-order valence-electron chi connectivity index (χ0n) is 20.2. The van der Waals surface area contributed by atoms with Gasteiger partial charge in [-0.1, -0.05) is 6.07 Å². The number of amides is 1. The van der Waals surface area contributed by atoms with Crippen molar-refractivity contribution in [3.63, 3.8) is 0 Å². The third-order valence-electron chi connectivity index (χ3n) is 6.31. The van der Waals surface area contributed by atoms with Crippen LogP contribution in [0.3, 0.4) is 0 Å². The molecule has 1 aliphatic rings. The average molecular weight is 488 g/mol. The summed E-state index contributed by atoms with van der Waals surface area (Å²) in [5.74, 6) is 0.977. The monoisotopic (exact) mass is 487 g/mol. The van der Waals surface area contributed by atoms with E-state index in [1.54, 1.807) is 31.5 Å². The number of aromatic hydroxyl groups is 1. The largest absolute Gasteiger partial charge is 0.507 e. The number of imidazole rings is 1. The molecule has 3 heterocycles. The summed E-state index contributed by atoms with van der Waals surface area (Å²) < 4.78 is 10.8. The molecule has 2 aromatic heterocycles. The third kappa shape index (κ3) is 5.17. The number of carbonyl (C=O) groups is 1. The molecule has 0 unspecified atom stereocenters. The van der Waals surface area contributed by atoms with E-state index in [1.165, 1.54) is 0 Å². The van der Waals surface area contributed by atoms with Crippen LogP contribution in [0.2, 0.25) is 0 Å². The minimum absolute atomic E-state index is 0.0962. The van der Waals surface area contributed by atoms with Crippen molar-refractivity contribution in [2.45, 2.75) is 6.42 Å². The van der Waals surface area contributed by atoms with Crippen LogP contribution in [0.15, 0.2) is 54.7 Å². The van der Waals surface area contributed by atoms with Crippen LogP contribution in [-0.4, -0.2) is 77.4 Å². The smallest absolute Gasteiger partial charge is 0.251 e. The van der Waals surface area contributed by atoms with Crippen molar-refractivity contribution in [1.29, 1.82) is 0 Å². The number of fused-ring (bicyclic) bond motifs is 1. The van der Waals surface area contributed by atoms with E-state index in [0.29, 0.717) is 34.9 Å². The van der Waals surface area contributed by atoms with E-state index in [2.05, 4.69) is 25.2 Å². The summed E-state index contributed by atoms with van der Waals surface area (Å²) >= 11 is 0. The Morgan fingerprint density at radius 3 is 2.86 bits per heavy atom. The number of hydrogen-bond acceptors (Lipinski definition) is 7. The molecular weight excluding hydrogens is 458 g/mol. The molecule has 2 aromatic carbocycles. The number of phenols is 1. The van der Waals surface area contributed by atoms with Gasteiger partial charge in [-0.05, 0) is 61.0 Å². The molecule has 9 heteroatoms. The molecule has 0 radical (unpaired) electrons. The van der Waals surface area contributed by atoms with Gasteiger partial charge in [-0.25, -0.2) is 9.97 Å². The minimum atomic E-state index is -0.128. The fourth-order valence-corrected chi connectivity index (χ4v) is 4.37. The minimum Gasteiger partial charge on any atom is -0.507 e. The molecule has 1 fully saturated rings. The number of nitrogens with zero attached hydrogens (tertiary/aromatic N) is 3. The second-order valence-corrected chi connectivity index (χ2v) is 8.67. The lowest BCUT2D eigenvalue weighted by Gasteiger charge is -2.26. The van der Waals surface area contributed by atoms with Crippen LogP contribution in [0.1, 0.15) is 16.8 Å². The van der Waals surface area contributed by atoms with Crippen molar-refractivity contribution in [2.24, 2.45) is 0 Å². The van der Waals surface area contributed by atoms with Gasteiger partial charge in [-0.15, -0.1) is 0 Å². The highest BCUT2D eigenvalue weighted by Crippen LogP contribution is 2.35. The van der Waals surface area contributed by atoms with E-state index in [-0.39, 0.29) is 11.7 Å². The molecule has 36 heavy (non-hydrogen) atoms. The predicted octanol–water partition coefficient (Wildman–Crippen LogP) is 3.46. The Balaban J connectivity index is 1.31. The molecule has 0 spiro atoms. The standard InChI is InChI=1S/C27H29N5O4/c1-35-27-20(4-2-9-29-27)18-6-8-24(33)21(16-18)25-30-22-7-5-19(17-23(22)31-25)26(34)28-10-3-11-32-12-14-36-15-13-32/h2,4-9,16-17,33H,3,10-15H2,1H3,(H,28,34)(H,30,31). The van der Waals surface area contributed by atoms with Crippen LogP contribution in [0.25, 0.3) is 33.5 Å². The zero-order valence-corrected chi connectivity index (χ0v) is 20.2. The Hall–Kier alpha value is -3.95. The Morgan fingerprint density at radius 2 is 2.03 bits per heavy atom. The summed E-state index contributed by atoms with van der Waals surface area (Å²) in [6.45, 7) is 4.99. The lowest BCUT2D eigenvalue weighted by Crippen LogP contribution is -2.38. The number of H-pyrrole nitrogens is 1. The van der Waals surface area contributed by atoms with E-state index in [0.717, 1.165) is 55.9 Å². The van der Waals surface area contributed by atoms with Gasteiger partial charge in [0.2, 0.25) is 5.88 Å². The number of phenolic OH excluding ortho intramolecular Hbond substituents is 1. The van der Waals surface area contributed by atoms with Gasteiger partial charge >= 0.3 is 0 Å². The van der Waals surface area contributed by atoms with Crippen LogP contribution in [0.5, 0.6) is 11.6 Å². The SMILES string of the molecule is COc1ncccc1-c1ccc(O)c(-c2nc3cc(C(=O)NCCCN4CCOCC4)ccc3[nH]2)c1. The van der Waals surface area contributed by atoms with E-state index in [4.69, 9.17) is 9.47 Å². The van der Waals surface area contributed by atoms with Crippen molar-refractivity contribution in [3.8, 4) is 34.1 Å². The van der Waals surface area contributed by atoms with Gasteiger partial charge in [-0.2, -0.15) is 0 Å². The average Bonchev–Trinajstić information content (AvgIpc) is 3.35. The molecule has 4 aromatic rings. The van der Waals surface area contributed by atoms with Gasteiger partial charge in [0.15, 0.2) is 0 Å². The van der Waals surface area contributed by atoms with Gasteiger partial charge in [0.1, 0.15) is 11.6 Å². The van der Waals surface area contributed by atoms with Gasteiger partial charge in [0.05, 0.1) is 36.9 Å². The normalized spacial score (nSPS) is 14.1. The third-order valence-corrected chi connectivity index (χ3v) is 6.31. The maximum Gasteiger partial charge on any atom is 0.251 e. The van der Waals surface area contributed by atoms with E-state index >= 15 is 0 Å². The van der Waals surface area contributed by atoms with Crippen LogP contribution in [0, 0.1) is 0 Å². The van der Waals surface area contributed by atoms with Crippen molar-refractivity contribution >= 4 is 16.9 Å². The number of rotatable bonds is 8. The Kier molecular flexibility index (Phi) is 7.11. The fourth-order valence-electron chi connectivity index (χ4n) is 4.37. The molecule has 9 nitrogen and oxygen atoms in total. The van der Waals surface area contributed by atoms with Gasteiger partial charge < -0.3 is 24.9 Å². The summed E-state index contributed by atoms with van der Waals surface area (Å²) in [7, 11) is 1.57. The molecular formula is C27H29N5O4. The maximum atomic E-state index is 12.7. The maximum absolute atomic E-state index is 12.7. The molecule has 0 aliphatic carbocycles. The number of aromatic nitrogens is 3. The quantitative estimate of drug-likeness (QED) is 0.326. The first-order chi connectivity index (χ1) is 17.6. The predicted molar refractivity (Wildman–Crippen MR) is 137 cm³/mol. The number of pyridine rings is 1. The first-order valence-corrected chi connectivity index (χ1v) is 12.0. The second kappa shape index (κ2) is 10.8. The van der Waals surface area contributed by atoms with Gasteiger partial charge in [0, 0.05) is 37.0 Å². The molecule has 186 valence electrons. The molecule has 1 aliphatic heterocycles. The lowest BCUT2D eigenvalue weighted by atomic mass is 10.0. The van der Waals surface area contributed by atoms with Crippen molar-refractivity contribution in [3.05, 3.63) is 60.3 Å². The van der Waals surface area contributed by atoms with Crippen molar-refractivity contribution < 1.29 is 19.4 Å². The van der Waals surface area contributed by atoms with Crippen LogP contribution in [0.4, 0.5) is 0 Å². The van der Waals surface area contributed by atoms with Crippen LogP contribution >= 0.6 is 0 Å². The number of carbonyl (C=O) groups excluding carboxylic acids is 1. The first kappa shape index (κ1) is 23.8. The molecule has 3 N–H and O–H groups in total. The number of benzene rings is 2. The number of ether oxygens (including phenoxy) is 2. The second-order valence-electron chi connectivity index (χ2n) is 8.67. The Labute approximate surface area is 209 Å². The Bertz CT molecular complexity index is 1360. The topological polar surface area (TPSA) is 113 Å². The number of morpholine rings is 1. The molecule has 1 amide bonds. The fraction of sp³-hybridized carbons (Fsp3) is 0.296. The highest BCUT2D eigenvalue weighted by molar-refractivity contribution is 5.97. The molecule has 1 saturated heterocycles. The van der Waals surface area contributed by atoms with Crippen molar-refractivity contribution in [1.82, 2.24) is 25.2 Å². The lowest BCUT2D eigenvalue weighted by molar-refractivity contribution is 0.0374. The summed E-state index contributed by atoms with van der Waals surface area (Å²) in [5.41, 5.74) is 4.16. The van der Waals surface area contributed by atoms with Crippen LogP contribution in [-0.2, 0) is 4.74 Å². The zero-order chi connectivity index (χ0) is 24.9. The number of aromatic amines is 1. The molecule has 0 saturated carbocycles. The summed E-state index contributed by atoms with van der Waals surface area (Å²) in [6.07, 6.45) is 2.55. The van der Waals surface area contributed by atoms with E-state index in [9.17, 15) is 9.90 Å². The number of methoxy groups -OCH3 is 1. The van der Waals surface area contributed by atoms with E-state index in [1.807, 2.05) is 30.3 Å².